The molecule has 2 N–H and O–H groups in total. The Morgan fingerprint density at radius 2 is 1.68 bits per heavy atom. The van der Waals surface area contributed by atoms with Crippen LogP contribution in [0.25, 0.3) is 0 Å². The zero-order valence-corrected chi connectivity index (χ0v) is 15.2. The second-order valence-corrected chi connectivity index (χ2v) is 6.90. The summed E-state index contributed by atoms with van der Waals surface area (Å²) in [6.07, 6.45) is 0. The molecule has 2 aromatic rings. The quantitative estimate of drug-likeness (QED) is 0.819. The van der Waals surface area contributed by atoms with Crippen LogP contribution in [0.15, 0.2) is 41.3 Å². The Bertz CT molecular complexity index is 894. The summed E-state index contributed by atoms with van der Waals surface area (Å²) in [7, 11) is 0.406. The van der Waals surface area contributed by atoms with Gasteiger partial charge in [0.15, 0.2) is 0 Å². The van der Waals surface area contributed by atoms with Crippen LogP contribution in [0, 0.1) is 6.92 Å². The minimum absolute atomic E-state index is 0.0208. The molecule has 0 saturated heterocycles. The number of rotatable bonds is 6. The standard InChI is InChI=1S/C17H20N2O5S/c1-11-5-8-14(23-3)16(9-11)25(21,22)19-13-7-6-12(17(20)18-2)10-15(13)24-4/h5-10,19H,1-4H3,(H,18,20). The van der Waals surface area contributed by atoms with Crippen LogP contribution < -0.4 is 19.5 Å². The first-order chi connectivity index (χ1) is 11.8. The van der Waals surface area contributed by atoms with Crippen molar-refractivity contribution in [3.63, 3.8) is 0 Å². The van der Waals surface area contributed by atoms with E-state index >= 15 is 0 Å². The largest absolute Gasteiger partial charge is 0.495 e. The second kappa shape index (κ2) is 7.43. The SMILES string of the molecule is CNC(=O)c1ccc(NS(=O)(=O)c2cc(C)ccc2OC)c(OC)c1. The summed E-state index contributed by atoms with van der Waals surface area (Å²) in [5.74, 6) is 0.170. The molecule has 25 heavy (non-hydrogen) atoms. The highest BCUT2D eigenvalue weighted by molar-refractivity contribution is 7.92. The van der Waals surface area contributed by atoms with Crippen LogP contribution in [0.3, 0.4) is 0 Å². The zero-order valence-electron chi connectivity index (χ0n) is 14.4. The molecule has 7 nitrogen and oxygen atoms in total. The van der Waals surface area contributed by atoms with E-state index in [1.165, 1.54) is 45.5 Å². The van der Waals surface area contributed by atoms with Gasteiger partial charge in [-0.05, 0) is 42.8 Å². The number of ether oxygens (including phenoxy) is 2. The topological polar surface area (TPSA) is 93.7 Å². The summed E-state index contributed by atoms with van der Waals surface area (Å²) >= 11 is 0. The minimum atomic E-state index is -3.91. The molecule has 2 aromatic carbocycles. The van der Waals surface area contributed by atoms with E-state index in [2.05, 4.69) is 10.0 Å². The number of sulfonamides is 1. The third-order valence-electron chi connectivity index (χ3n) is 3.54. The number of nitrogens with one attached hydrogen (secondary N) is 2. The second-order valence-electron chi connectivity index (χ2n) is 5.25. The average molecular weight is 364 g/mol. The first kappa shape index (κ1) is 18.6. The predicted octanol–water partition coefficient (Wildman–Crippen LogP) is 2.17. The number of anilines is 1. The average Bonchev–Trinajstić information content (AvgIpc) is 2.61. The fourth-order valence-corrected chi connectivity index (χ4v) is 3.58. The lowest BCUT2D eigenvalue weighted by Crippen LogP contribution is -2.18. The normalized spacial score (nSPS) is 10.9. The molecule has 0 heterocycles. The summed E-state index contributed by atoms with van der Waals surface area (Å²) in [5.41, 5.74) is 1.36. The van der Waals surface area contributed by atoms with Gasteiger partial charge in [-0.2, -0.15) is 0 Å². The molecule has 0 unspecified atom stereocenters. The number of aryl methyl sites for hydroxylation is 1. The van der Waals surface area contributed by atoms with E-state index in [4.69, 9.17) is 9.47 Å². The maximum atomic E-state index is 12.8. The van der Waals surface area contributed by atoms with Gasteiger partial charge in [-0.25, -0.2) is 8.42 Å². The molecule has 8 heteroatoms. The lowest BCUT2D eigenvalue weighted by Gasteiger charge is -2.15. The van der Waals surface area contributed by atoms with Crippen molar-refractivity contribution in [3.8, 4) is 11.5 Å². The van der Waals surface area contributed by atoms with Gasteiger partial charge >= 0.3 is 0 Å². The molecule has 0 aliphatic rings. The highest BCUT2D eigenvalue weighted by Gasteiger charge is 2.22. The molecule has 0 aromatic heterocycles. The van der Waals surface area contributed by atoms with E-state index in [0.29, 0.717) is 5.56 Å². The van der Waals surface area contributed by atoms with Gasteiger partial charge in [0.1, 0.15) is 16.4 Å². The molecule has 1 amide bonds. The molecule has 0 aliphatic carbocycles. The monoisotopic (exact) mass is 364 g/mol. The first-order valence-electron chi connectivity index (χ1n) is 7.40. The summed E-state index contributed by atoms with van der Waals surface area (Å²) in [6.45, 7) is 1.79. The van der Waals surface area contributed by atoms with Gasteiger partial charge in [0.2, 0.25) is 0 Å². The fourth-order valence-electron chi connectivity index (χ4n) is 2.25. The van der Waals surface area contributed by atoms with Crippen molar-refractivity contribution in [2.24, 2.45) is 0 Å². The summed E-state index contributed by atoms with van der Waals surface area (Å²) in [5, 5.41) is 2.50. The van der Waals surface area contributed by atoms with Crippen molar-refractivity contribution in [1.29, 1.82) is 0 Å². The smallest absolute Gasteiger partial charge is 0.265 e. The highest BCUT2D eigenvalue weighted by Crippen LogP contribution is 2.31. The van der Waals surface area contributed by atoms with E-state index < -0.39 is 10.0 Å². The Morgan fingerprint density at radius 3 is 2.28 bits per heavy atom. The summed E-state index contributed by atoms with van der Waals surface area (Å²) in [6, 6.07) is 9.32. The van der Waals surface area contributed by atoms with Crippen molar-refractivity contribution < 1.29 is 22.7 Å². The van der Waals surface area contributed by atoms with Crippen molar-refractivity contribution in [2.45, 2.75) is 11.8 Å². The van der Waals surface area contributed by atoms with Gasteiger partial charge in [0, 0.05) is 12.6 Å². The number of benzene rings is 2. The molecule has 0 spiro atoms. The van der Waals surface area contributed by atoms with Gasteiger partial charge in [-0.3, -0.25) is 9.52 Å². The lowest BCUT2D eigenvalue weighted by molar-refractivity contribution is 0.0963. The van der Waals surface area contributed by atoms with Crippen LogP contribution >= 0.6 is 0 Å². The highest BCUT2D eigenvalue weighted by atomic mass is 32.2. The van der Waals surface area contributed by atoms with Gasteiger partial charge in [-0.1, -0.05) is 6.07 Å². The Balaban J connectivity index is 2.45. The van der Waals surface area contributed by atoms with Crippen LogP contribution in [0.2, 0.25) is 0 Å². The number of carbonyl (C=O) groups is 1. The number of carbonyl (C=O) groups excluding carboxylic acids is 1. The molecule has 134 valence electrons. The lowest BCUT2D eigenvalue weighted by atomic mass is 10.2. The van der Waals surface area contributed by atoms with Crippen molar-refractivity contribution >= 4 is 21.6 Å². The van der Waals surface area contributed by atoms with E-state index in [9.17, 15) is 13.2 Å². The number of hydrogen-bond acceptors (Lipinski definition) is 5. The van der Waals surface area contributed by atoms with Crippen molar-refractivity contribution in [3.05, 3.63) is 47.5 Å². The van der Waals surface area contributed by atoms with Crippen LogP contribution in [0.1, 0.15) is 15.9 Å². The van der Waals surface area contributed by atoms with E-state index in [0.717, 1.165) is 5.56 Å². The number of methoxy groups -OCH3 is 2. The van der Waals surface area contributed by atoms with Gasteiger partial charge in [0.25, 0.3) is 15.9 Å². The molecular weight excluding hydrogens is 344 g/mol. The van der Waals surface area contributed by atoms with E-state index in [1.54, 1.807) is 19.1 Å². The third-order valence-corrected chi connectivity index (χ3v) is 4.93. The zero-order chi connectivity index (χ0) is 18.6. The van der Waals surface area contributed by atoms with Gasteiger partial charge < -0.3 is 14.8 Å². The van der Waals surface area contributed by atoms with E-state index in [1.807, 2.05) is 0 Å². The van der Waals surface area contributed by atoms with Gasteiger partial charge in [-0.15, -0.1) is 0 Å². The van der Waals surface area contributed by atoms with E-state index in [-0.39, 0.29) is 28.0 Å². The van der Waals surface area contributed by atoms with Crippen molar-refractivity contribution in [1.82, 2.24) is 5.32 Å². The summed E-state index contributed by atoms with van der Waals surface area (Å²) in [4.78, 5) is 11.7. The first-order valence-corrected chi connectivity index (χ1v) is 8.88. The minimum Gasteiger partial charge on any atom is -0.495 e. The Morgan fingerprint density at radius 1 is 1.00 bits per heavy atom. The van der Waals surface area contributed by atoms with Gasteiger partial charge in [0.05, 0.1) is 19.9 Å². The maximum absolute atomic E-state index is 12.8. The number of amides is 1. The number of hydrogen-bond donors (Lipinski definition) is 2. The van der Waals surface area contributed by atoms with Crippen LogP contribution in [0.5, 0.6) is 11.5 Å². The molecule has 0 saturated carbocycles. The molecule has 0 radical (unpaired) electrons. The molecular formula is C17H20N2O5S. The Kier molecular flexibility index (Phi) is 5.53. The molecule has 0 bridgehead atoms. The predicted molar refractivity (Wildman–Crippen MR) is 94.9 cm³/mol. The molecule has 0 aliphatic heterocycles. The third kappa shape index (κ3) is 4.03. The van der Waals surface area contributed by atoms with Crippen LogP contribution in [0.4, 0.5) is 5.69 Å². The maximum Gasteiger partial charge on any atom is 0.265 e. The molecule has 2 rings (SSSR count). The fraction of sp³-hybridized carbons (Fsp3) is 0.235. The summed E-state index contributed by atoms with van der Waals surface area (Å²) < 4.78 is 38.3. The Hall–Kier alpha value is -2.74. The van der Waals surface area contributed by atoms with Crippen molar-refractivity contribution in [2.75, 3.05) is 26.0 Å². The van der Waals surface area contributed by atoms with Crippen LogP contribution in [-0.4, -0.2) is 35.6 Å². The Labute approximate surface area is 147 Å². The molecule has 0 fully saturated rings. The van der Waals surface area contributed by atoms with Crippen LogP contribution in [-0.2, 0) is 10.0 Å². The molecule has 0 atom stereocenters.